The van der Waals surface area contributed by atoms with Crippen molar-refractivity contribution in [1.29, 1.82) is 0 Å². The van der Waals surface area contributed by atoms with Gasteiger partial charge in [-0.1, -0.05) is 19.3 Å². The van der Waals surface area contributed by atoms with Crippen LogP contribution in [0.25, 0.3) is 0 Å². The molecule has 0 unspecified atom stereocenters. The molecule has 1 aromatic carbocycles. The van der Waals surface area contributed by atoms with Gasteiger partial charge in [-0.05, 0) is 49.9 Å². The summed E-state index contributed by atoms with van der Waals surface area (Å²) in [6.45, 7) is 2.94. The lowest BCUT2D eigenvalue weighted by Gasteiger charge is -2.27. The van der Waals surface area contributed by atoms with Gasteiger partial charge in [0.2, 0.25) is 0 Å². The Morgan fingerprint density at radius 2 is 1.79 bits per heavy atom. The van der Waals surface area contributed by atoms with E-state index in [9.17, 15) is 9.59 Å². The Morgan fingerprint density at radius 1 is 1.12 bits per heavy atom. The molecule has 1 fully saturated rings. The zero-order chi connectivity index (χ0) is 17.4. The summed E-state index contributed by atoms with van der Waals surface area (Å²) in [6.07, 6.45) is 6.30. The first-order valence-corrected chi connectivity index (χ1v) is 8.74. The highest BCUT2D eigenvalue weighted by Gasteiger charge is 2.18. The Bertz CT molecular complexity index is 535. The van der Waals surface area contributed by atoms with Gasteiger partial charge in [0, 0.05) is 13.6 Å². The third kappa shape index (κ3) is 5.55. The van der Waals surface area contributed by atoms with E-state index in [1.807, 2.05) is 7.05 Å². The molecule has 24 heavy (non-hydrogen) atoms. The van der Waals surface area contributed by atoms with Crippen LogP contribution in [0, 0.1) is 5.92 Å². The molecule has 132 valence electrons. The lowest BCUT2D eigenvalue weighted by Crippen LogP contribution is -2.35. The quantitative estimate of drug-likeness (QED) is 0.719. The molecule has 2 rings (SSSR count). The van der Waals surface area contributed by atoms with Crippen LogP contribution in [-0.2, 0) is 9.53 Å². The van der Waals surface area contributed by atoms with Crippen LogP contribution in [0.1, 0.15) is 49.4 Å². The van der Waals surface area contributed by atoms with E-state index in [2.05, 4.69) is 0 Å². The average molecular weight is 333 g/mol. The first-order chi connectivity index (χ1) is 11.6. The standard InChI is InChI=1S/C19H27NO4/c1-3-23-19(22)16-9-11-17(12-10-16)24-14-18(21)20(2)13-15-7-5-4-6-8-15/h9-12,15H,3-8,13-14H2,1-2H3. The Morgan fingerprint density at radius 3 is 2.42 bits per heavy atom. The molecule has 0 atom stereocenters. The SMILES string of the molecule is CCOC(=O)c1ccc(OCC(=O)N(C)CC2CCCCC2)cc1. The van der Waals surface area contributed by atoms with Crippen LogP contribution in [0.3, 0.4) is 0 Å². The summed E-state index contributed by atoms with van der Waals surface area (Å²) < 4.78 is 10.5. The van der Waals surface area contributed by atoms with Crippen LogP contribution in [0.5, 0.6) is 5.75 Å². The number of carbonyl (C=O) groups is 2. The van der Waals surface area contributed by atoms with Crippen molar-refractivity contribution in [2.75, 3.05) is 26.8 Å². The van der Waals surface area contributed by atoms with Crippen LogP contribution in [0.4, 0.5) is 0 Å². The van der Waals surface area contributed by atoms with Gasteiger partial charge in [-0.25, -0.2) is 4.79 Å². The molecule has 1 aromatic rings. The third-order valence-electron chi connectivity index (χ3n) is 4.41. The molecule has 0 aromatic heterocycles. The monoisotopic (exact) mass is 333 g/mol. The molecule has 0 aliphatic heterocycles. The fourth-order valence-electron chi connectivity index (χ4n) is 3.02. The molecule has 5 nitrogen and oxygen atoms in total. The van der Waals surface area contributed by atoms with Crippen molar-refractivity contribution in [2.45, 2.75) is 39.0 Å². The van der Waals surface area contributed by atoms with E-state index in [1.54, 1.807) is 36.1 Å². The fraction of sp³-hybridized carbons (Fsp3) is 0.579. The maximum atomic E-state index is 12.2. The molecule has 1 aliphatic rings. The minimum absolute atomic E-state index is 0.0158. The largest absolute Gasteiger partial charge is 0.484 e. The summed E-state index contributed by atoms with van der Waals surface area (Å²) >= 11 is 0. The minimum Gasteiger partial charge on any atom is -0.484 e. The smallest absolute Gasteiger partial charge is 0.338 e. The highest BCUT2D eigenvalue weighted by atomic mass is 16.5. The summed E-state index contributed by atoms with van der Waals surface area (Å²) in [4.78, 5) is 25.5. The van der Waals surface area contributed by atoms with Gasteiger partial charge in [0.15, 0.2) is 6.61 Å². The number of rotatable bonds is 7. The highest BCUT2D eigenvalue weighted by Crippen LogP contribution is 2.24. The Hall–Kier alpha value is -2.04. The molecule has 1 saturated carbocycles. The molecule has 5 heteroatoms. The molecule has 1 aliphatic carbocycles. The topological polar surface area (TPSA) is 55.8 Å². The molecule has 0 bridgehead atoms. The molecule has 0 spiro atoms. The van der Waals surface area contributed by atoms with Crippen molar-refractivity contribution < 1.29 is 19.1 Å². The van der Waals surface area contributed by atoms with Gasteiger partial charge in [0.25, 0.3) is 5.91 Å². The van der Waals surface area contributed by atoms with E-state index in [0.29, 0.717) is 23.8 Å². The van der Waals surface area contributed by atoms with Gasteiger partial charge in [0.05, 0.1) is 12.2 Å². The number of benzene rings is 1. The van der Waals surface area contributed by atoms with E-state index in [1.165, 1.54) is 32.1 Å². The molecule has 1 amide bonds. The number of esters is 1. The van der Waals surface area contributed by atoms with E-state index >= 15 is 0 Å². The van der Waals surface area contributed by atoms with Gasteiger partial charge in [-0.3, -0.25) is 4.79 Å². The highest BCUT2D eigenvalue weighted by molar-refractivity contribution is 5.89. The van der Waals surface area contributed by atoms with Crippen LogP contribution in [0.15, 0.2) is 24.3 Å². The van der Waals surface area contributed by atoms with Crippen LogP contribution >= 0.6 is 0 Å². The van der Waals surface area contributed by atoms with E-state index < -0.39 is 0 Å². The van der Waals surface area contributed by atoms with Gasteiger partial charge < -0.3 is 14.4 Å². The number of nitrogens with zero attached hydrogens (tertiary/aromatic N) is 1. The van der Waals surface area contributed by atoms with Gasteiger partial charge >= 0.3 is 5.97 Å². The van der Waals surface area contributed by atoms with Crippen molar-refractivity contribution in [3.8, 4) is 5.75 Å². The van der Waals surface area contributed by atoms with Crippen molar-refractivity contribution in [2.24, 2.45) is 5.92 Å². The summed E-state index contributed by atoms with van der Waals surface area (Å²) in [5.41, 5.74) is 0.477. The number of hydrogen-bond donors (Lipinski definition) is 0. The van der Waals surface area contributed by atoms with Gasteiger partial charge in [-0.2, -0.15) is 0 Å². The second-order valence-electron chi connectivity index (χ2n) is 6.31. The van der Waals surface area contributed by atoms with Crippen molar-refractivity contribution >= 4 is 11.9 Å². The summed E-state index contributed by atoms with van der Waals surface area (Å²) in [5, 5.41) is 0. The van der Waals surface area contributed by atoms with Crippen molar-refractivity contribution in [1.82, 2.24) is 4.90 Å². The van der Waals surface area contributed by atoms with Crippen molar-refractivity contribution in [3.63, 3.8) is 0 Å². The van der Waals surface area contributed by atoms with E-state index in [0.717, 1.165) is 6.54 Å². The lowest BCUT2D eigenvalue weighted by atomic mass is 9.89. The number of hydrogen-bond acceptors (Lipinski definition) is 4. The average Bonchev–Trinajstić information content (AvgIpc) is 2.61. The first-order valence-electron chi connectivity index (χ1n) is 8.74. The zero-order valence-corrected chi connectivity index (χ0v) is 14.6. The maximum Gasteiger partial charge on any atom is 0.338 e. The van der Waals surface area contributed by atoms with Crippen LogP contribution in [0.2, 0.25) is 0 Å². The first kappa shape index (κ1) is 18.3. The fourth-order valence-corrected chi connectivity index (χ4v) is 3.02. The second-order valence-corrected chi connectivity index (χ2v) is 6.31. The zero-order valence-electron chi connectivity index (χ0n) is 14.6. The lowest BCUT2D eigenvalue weighted by molar-refractivity contribution is -0.132. The Balaban J connectivity index is 1.77. The molecule has 0 radical (unpaired) electrons. The Labute approximate surface area is 143 Å². The molecule has 0 heterocycles. The normalized spacial score (nSPS) is 14.9. The van der Waals surface area contributed by atoms with E-state index in [-0.39, 0.29) is 18.5 Å². The summed E-state index contributed by atoms with van der Waals surface area (Å²) in [7, 11) is 1.84. The van der Waals surface area contributed by atoms with E-state index in [4.69, 9.17) is 9.47 Å². The molecular weight excluding hydrogens is 306 g/mol. The van der Waals surface area contributed by atoms with Crippen LogP contribution < -0.4 is 4.74 Å². The number of likely N-dealkylation sites (N-methyl/N-ethyl adjacent to an activating group) is 1. The van der Waals surface area contributed by atoms with Gasteiger partial charge in [-0.15, -0.1) is 0 Å². The maximum absolute atomic E-state index is 12.2. The Kier molecular flexibility index (Phi) is 7.09. The molecule has 0 saturated heterocycles. The summed E-state index contributed by atoms with van der Waals surface area (Å²) in [5.74, 6) is 0.821. The number of carbonyl (C=O) groups excluding carboxylic acids is 2. The van der Waals surface area contributed by atoms with Gasteiger partial charge in [0.1, 0.15) is 5.75 Å². The molecule has 0 N–H and O–H groups in total. The third-order valence-corrected chi connectivity index (χ3v) is 4.41. The predicted molar refractivity (Wildman–Crippen MR) is 92.1 cm³/mol. The molecular formula is C19H27NO4. The van der Waals surface area contributed by atoms with Crippen LogP contribution in [-0.4, -0.2) is 43.6 Å². The number of ether oxygens (including phenoxy) is 2. The predicted octanol–water partition coefficient (Wildman–Crippen LogP) is 3.28. The van der Waals surface area contributed by atoms with Crippen molar-refractivity contribution in [3.05, 3.63) is 29.8 Å². The second kappa shape index (κ2) is 9.30. The number of amides is 1. The summed E-state index contributed by atoms with van der Waals surface area (Å²) in [6, 6.07) is 6.65. The minimum atomic E-state index is -0.354.